The molecule has 0 saturated carbocycles. The molecule has 1 atom stereocenters. The average molecular weight is 267 g/mol. The molecule has 0 aromatic carbocycles. The van der Waals surface area contributed by atoms with E-state index in [1.165, 1.54) is 0 Å². The van der Waals surface area contributed by atoms with E-state index in [9.17, 15) is 4.79 Å². The molecule has 0 amide bonds. The van der Waals surface area contributed by atoms with Gasteiger partial charge in [0.05, 0.1) is 19.8 Å². The molecule has 2 rings (SSSR count). The highest BCUT2D eigenvalue weighted by atomic mass is 16.5. The summed E-state index contributed by atoms with van der Waals surface area (Å²) in [6, 6.07) is 1.72. The first-order chi connectivity index (χ1) is 9.10. The SMILES string of the molecule is CCOc1cc(N2CCOC(C(=O)O)C2)nc(C)n1. The highest BCUT2D eigenvalue weighted by molar-refractivity contribution is 5.73. The van der Waals surface area contributed by atoms with Crippen molar-refractivity contribution in [3.63, 3.8) is 0 Å². The summed E-state index contributed by atoms with van der Waals surface area (Å²) in [7, 11) is 0. The molecule has 1 aromatic rings. The van der Waals surface area contributed by atoms with E-state index >= 15 is 0 Å². The number of nitrogens with zero attached hydrogens (tertiary/aromatic N) is 3. The fourth-order valence-electron chi connectivity index (χ4n) is 1.92. The standard InChI is InChI=1S/C12H17N3O4/c1-3-18-11-6-10(13-8(2)14-11)15-4-5-19-9(7-15)12(16)17/h6,9H,3-5,7H2,1-2H3,(H,16,17). The van der Waals surface area contributed by atoms with Gasteiger partial charge in [0.15, 0.2) is 6.10 Å². The third kappa shape index (κ3) is 3.31. The Morgan fingerprint density at radius 3 is 3.11 bits per heavy atom. The first-order valence-electron chi connectivity index (χ1n) is 6.18. The van der Waals surface area contributed by atoms with Crippen LogP contribution in [0.2, 0.25) is 0 Å². The van der Waals surface area contributed by atoms with E-state index in [1.54, 1.807) is 13.0 Å². The molecule has 19 heavy (non-hydrogen) atoms. The largest absolute Gasteiger partial charge is 0.479 e. The molecule has 2 heterocycles. The van der Waals surface area contributed by atoms with Crippen LogP contribution in [-0.2, 0) is 9.53 Å². The van der Waals surface area contributed by atoms with Gasteiger partial charge in [0.25, 0.3) is 0 Å². The second-order valence-corrected chi connectivity index (χ2v) is 4.19. The number of morpholine rings is 1. The molecule has 0 radical (unpaired) electrons. The van der Waals surface area contributed by atoms with Crippen molar-refractivity contribution in [1.29, 1.82) is 0 Å². The van der Waals surface area contributed by atoms with Gasteiger partial charge in [-0.15, -0.1) is 0 Å². The van der Waals surface area contributed by atoms with Gasteiger partial charge in [0, 0.05) is 12.6 Å². The van der Waals surface area contributed by atoms with Crippen LogP contribution in [0, 0.1) is 6.92 Å². The Kier molecular flexibility index (Phi) is 4.16. The number of carboxylic acid groups (broad SMARTS) is 1. The fourth-order valence-corrected chi connectivity index (χ4v) is 1.92. The molecule has 1 aliphatic heterocycles. The molecule has 1 unspecified atom stereocenters. The number of anilines is 1. The molecular weight excluding hydrogens is 250 g/mol. The number of aromatic nitrogens is 2. The van der Waals surface area contributed by atoms with Gasteiger partial charge in [-0.25, -0.2) is 9.78 Å². The number of carboxylic acids is 1. The predicted octanol–water partition coefficient (Wildman–Crippen LogP) is 0.474. The minimum absolute atomic E-state index is 0.275. The van der Waals surface area contributed by atoms with Gasteiger partial charge < -0.3 is 19.5 Å². The number of carbonyl (C=O) groups is 1. The van der Waals surface area contributed by atoms with E-state index in [1.807, 2.05) is 11.8 Å². The third-order valence-electron chi connectivity index (χ3n) is 2.76. The summed E-state index contributed by atoms with van der Waals surface area (Å²) in [5.41, 5.74) is 0. The van der Waals surface area contributed by atoms with Crippen molar-refractivity contribution < 1.29 is 19.4 Å². The Morgan fingerprint density at radius 1 is 1.63 bits per heavy atom. The summed E-state index contributed by atoms with van der Waals surface area (Å²) in [6.45, 7) is 5.43. The molecule has 0 bridgehead atoms. The van der Waals surface area contributed by atoms with Gasteiger partial charge >= 0.3 is 5.97 Å². The summed E-state index contributed by atoms with van der Waals surface area (Å²) in [4.78, 5) is 21.3. The van der Waals surface area contributed by atoms with Crippen LogP contribution < -0.4 is 9.64 Å². The lowest BCUT2D eigenvalue weighted by molar-refractivity contribution is -0.150. The van der Waals surface area contributed by atoms with Crippen molar-refractivity contribution in [1.82, 2.24) is 9.97 Å². The van der Waals surface area contributed by atoms with Crippen LogP contribution >= 0.6 is 0 Å². The smallest absolute Gasteiger partial charge is 0.334 e. The lowest BCUT2D eigenvalue weighted by Gasteiger charge is -2.31. The summed E-state index contributed by atoms with van der Waals surface area (Å²) in [6.07, 6.45) is -0.820. The van der Waals surface area contributed by atoms with Crippen molar-refractivity contribution in [2.24, 2.45) is 0 Å². The van der Waals surface area contributed by atoms with E-state index in [0.29, 0.717) is 37.3 Å². The van der Waals surface area contributed by atoms with Crippen molar-refractivity contribution in [2.75, 3.05) is 31.2 Å². The summed E-state index contributed by atoms with van der Waals surface area (Å²) < 4.78 is 10.6. The van der Waals surface area contributed by atoms with Crippen molar-refractivity contribution in [3.8, 4) is 5.88 Å². The molecular formula is C12H17N3O4. The Balaban J connectivity index is 2.18. The lowest BCUT2D eigenvalue weighted by Crippen LogP contribution is -2.46. The van der Waals surface area contributed by atoms with Gasteiger partial charge in [-0.2, -0.15) is 4.98 Å². The zero-order valence-corrected chi connectivity index (χ0v) is 11.0. The second kappa shape index (κ2) is 5.83. The maximum atomic E-state index is 11.0. The molecule has 1 fully saturated rings. The number of hydrogen-bond donors (Lipinski definition) is 1. The predicted molar refractivity (Wildman–Crippen MR) is 67.5 cm³/mol. The number of ether oxygens (including phenoxy) is 2. The Hall–Kier alpha value is -1.89. The minimum Gasteiger partial charge on any atom is -0.479 e. The monoisotopic (exact) mass is 267 g/mol. The van der Waals surface area contributed by atoms with Gasteiger partial charge in [-0.1, -0.05) is 0 Å². The normalized spacial score (nSPS) is 19.3. The van der Waals surface area contributed by atoms with Gasteiger partial charge in [-0.05, 0) is 13.8 Å². The highest BCUT2D eigenvalue weighted by Gasteiger charge is 2.27. The Morgan fingerprint density at radius 2 is 2.42 bits per heavy atom. The molecule has 1 saturated heterocycles. The first-order valence-corrected chi connectivity index (χ1v) is 6.18. The molecule has 1 aromatic heterocycles. The maximum absolute atomic E-state index is 11.0. The second-order valence-electron chi connectivity index (χ2n) is 4.19. The zero-order chi connectivity index (χ0) is 13.8. The Labute approximate surface area is 111 Å². The van der Waals surface area contributed by atoms with Crippen LogP contribution in [0.1, 0.15) is 12.7 Å². The minimum atomic E-state index is -0.958. The van der Waals surface area contributed by atoms with E-state index in [-0.39, 0.29) is 6.54 Å². The molecule has 0 aliphatic carbocycles. The van der Waals surface area contributed by atoms with Crippen LogP contribution in [-0.4, -0.2) is 53.5 Å². The van der Waals surface area contributed by atoms with E-state index in [0.717, 1.165) is 0 Å². The van der Waals surface area contributed by atoms with Crippen LogP contribution in [0.5, 0.6) is 5.88 Å². The van der Waals surface area contributed by atoms with Crippen molar-refractivity contribution in [3.05, 3.63) is 11.9 Å². The maximum Gasteiger partial charge on any atom is 0.334 e. The third-order valence-corrected chi connectivity index (χ3v) is 2.76. The number of aryl methyl sites for hydroxylation is 1. The molecule has 104 valence electrons. The quantitative estimate of drug-likeness (QED) is 0.848. The van der Waals surface area contributed by atoms with Crippen LogP contribution in [0.3, 0.4) is 0 Å². The van der Waals surface area contributed by atoms with Crippen LogP contribution in [0.25, 0.3) is 0 Å². The summed E-state index contributed by atoms with van der Waals surface area (Å²) >= 11 is 0. The highest BCUT2D eigenvalue weighted by Crippen LogP contribution is 2.20. The van der Waals surface area contributed by atoms with Gasteiger partial charge in [0.1, 0.15) is 11.6 Å². The van der Waals surface area contributed by atoms with E-state index in [2.05, 4.69) is 9.97 Å². The van der Waals surface area contributed by atoms with Crippen molar-refractivity contribution >= 4 is 11.8 Å². The van der Waals surface area contributed by atoms with E-state index < -0.39 is 12.1 Å². The van der Waals surface area contributed by atoms with Crippen LogP contribution in [0.15, 0.2) is 6.07 Å². The van der Waals surface area contributed by atoms with Gasteiger partial charge in [-0.3, -0.25) is 0 Å². The molecule has 1 N–H and O–H groups in total. The first kappa shape index (κ1) is 13.5. The molecule has 1 aliphatic rings. The zero-order valence-electron chi connectivity index (χ0n) is 11.0. The molecule has 0 spiro atoms. The van der Waals surface area contributed by atoms with Crippen molar-refractivity contribution in [2.45, 2.75) is 20.0 Å². The van der Waals surface area contributed by atoms with Gasteiger partial charge in [0.2, 0.25) is 5.88 Å². The summed E-state index contributed by atoms with van der Waals surface area (Å²) in [5, 5.41) is 8.99. The average Bonchev–Trinajstić information content (AvgIpc) is 2.38. The van der Waals surface area contributed by atoms with E-state index in [4.69, 9.17) is 14.6 Å². The topological polar surface area (TPSA) is 84.8 Å². The molecule has 7 heteroatoms. The molecule has 7 nitrogen and oxygen atoms in total. The fraction of sp³-hybridized carbons (Fsp3) is 0.583. The Bertz CT molecular complexity index is 466. The lowest BCUT2D eigenvalue weighted by atomic mass is 10.2. The number of aliphatic carboxylic acids is 1. The number of rotatable bonds is 4. The summed E-state index contributed by atoms with van der Waals surface area (Å²) in [5.74, 6) is 0.814. The number of hydrogen-bond acceptors (Lipinski definition) is 6. The van der Waals surface area contributed by atoms with Crippen LogP contribution in [0.4, 0.5) is 5.82 Å².